The maximum atomic E-state index is 13.2. The molecule has 0 spiro atoms. The summed E-state index contributed by atoms with van der Waals surface area (Å²) in [6.45, 7) is 2.54. The first kappa shape index (κ1) is 14.0. The summed E-state index contributed by atoms with van der Waals surface area (Å²) in [7, 11) is 0. The van der Waals surface area contributed by atoms with Crippen molar-refractivity contribution in [2.75, 3.05) is 6.54 Å². The van der Waals surface area contributed by atoms with Crippen molar-refractivity contribution in [1.29, 1.82) is 0 Å². The number of benzene rings is 1. The Kier molecular flexibility index (Phi) is 4.70. The van der Waals surface area contributed by atoms with E-state index in [1.54, 1.807) is 18.5 Å². The molecule has 0 aliphatic carbocycles. The summed E-state index contributed by atoms with van der Waals surface area (Å²) < 4.78 is 18.9. The van der Waals surface area contributed by atoms with Crippen molar-refractivity contribution in [3.8, 4) is 17.6 Å². The first-order chi connectivity index (χ1) is 9.69. The second-order valence-corrected chi connectivity index (χ2v) is 4.31. The predicted octanol–water partition coefficient (Wildman–Crippen LogP) is 2.42. The van der Waals surface area contributed by atoms with Crippen LogP contribution in [0.4, 0.5) is 4.39 Å². The molecule has 0 amide bonds. The van der Waals surface area contributed by atoms with Crippen LogP contribution in [0.5, 0.6) is 5.75 Å². The zero-order chi connectivity index (χ0) is 14.4. The summed E-state index contributed by atoms with van der Waals surface area (Å²) in [5.41, 5.74) is 7.84. The fraction of sp³-hybridized carbons (Fsp3) is 0.188. The van der Waals surface area contributed by atoms with E-state index in [-0.39, 0.29) is 12.4 Å². The fourth-order valence-corrected chi connectivity index (χ4v) is 1.73. The van der Waals surface area contributed by atoms with Crippen molar-refractivity contribution in [2.45, 2.75) is 13.5 Å². The van der Waals surface area contributed by atoms with Gasteiger partial charge in [0.25, 0.3) is 0 Å². The van der Waals surface area contributed by atoms with Crippen LogP contribution in [-0.4, -0.2) is 11.5 Å². The molecular formula is C16H15FN2O. The summed E-state index contributed by atoms with van der Waals surface area (Å²) in [4.78, 5) is 4.10. The molecule has 2 N–H and O–H groups in total. The number of hydrogen-bond acceptors (Lipinski definition) is 3. The molecule has 4 heteroatoms. The van der Waals surface area contributed by atoms with Gasteiger partial charge >= 0.3 is 0 Å². The third-order valence-electron chi connectivity index (χ3n) is 2.59. The molecule has 2 rings (SSSR count). The van der Waals surface area contributed by atoms with E-state index in [0.717, 1.165) is 11.1 Å². The Morgan fingerprint density at radius 3 is 2.90 bits per heavy atom. The molecule has 102 valence electrons. The van der Waals surface area contributed by atoms with E-state index >= 15 is 0 Å². The average molecular weight is 270 g/mol. The summed E-state index contributed by atoms with van der Waals surface area (Å²) in [6, 6.07) is 6.24. The molecule has 2 aromatic rings. The van der Waals surface area contributed by atoms with E-state index in [4.69, 9.17) is 10.5 Å². The Balaban J connectivity index is 2.16. The minimum Gasteiger partial charge on any atom is -0.488 e. The molecule has 1 aromatic heterocycles. The molecule has 0 radical (unpaired) electrons. The Labute approximate surface area is 117 Å². The number of nitrogens with zero attached hydrogens (tertiary/aromatic N) is 1. The van der Waals surface area contributed by atoms with Gasteiger partial charge < -0.3 is 10.5 Å². The summed E-state index contributed by atoms with van der Waals surface area (Å²) in [5.74, 6) is 5.69. The monoisotopic (exact) mass is 270 g/mol. The van der Waals surface area contributed by atoms with Gasteiger partial charge in [0.1, 0.15) is 18.2 Å². The number of aromatic nitrogens is 1. The maximum absolute atomic E-state index is 13.2. The highest BCUT2D eigenvalue weighted by Gasteiger charge is 2.04. The van der Waals surface area contributed by atoms with Crippen molar-refractivity contribution < 1.29 is 9.13 Å². The standard InChI is InChI=1S/C16H15FN2O/c1-12-7-13(10-19-9-12)11-20-16-5-4-15(17)8-14(16)3-2-6-18/h4-5,7-10H,6,11,18H2,1H3. The van der Waals surface area contributed by atoms with E-state index < -0.39 is 0 Å². The van der Waals surface area contributed by atoms with Crippen molar-refractivity contribution in [2.24, 2.45) is 5.73 Å². The Morgan fingerprint density at radius 1 is 1.30 bits per heavy atom. The van der Waals surface area contributed by atoms with Gasteiger partial charge in [-0.25, -0.2) is 4.39 Å². The van der Waals surface area contributed by atoms with Crippen LogP contribution in [0.25, 0.3) is 0 Å². The number of rotatable bonds is 3. The minimum atomic E-state index is -0.351. The van der Waals surface area contributed by atoms with Crippen molar-refractivity contribution in [1.82, 2.24) is 4.98 Å². The molecule has 0 atom stereocenters. The topological polar surface area (TPSA) is 48.1 Å². The molecule has 0 saturated heterocycles. The Hall–Kier alpha value is -2.38. The van der Waals surface area contributed by atoms with Gasteiger partial charge in [0.2, 0.25) is 0 Å². The third-order valence-corrected chi connectivity index (χ3v) is 2.59. The zero-order valence-electron chi connectivity index (χ0n) is 11.2. The normalized spacial score (nSPS) is 9.75. The lowest BCUT2D eigenvalue weighted by Gasteiger charge is -2.08. The van der Waals surface area contributed by atoms with E-state index in [1.807, 2.05) is 13.0 Å². The molecule has 0 aliphatic rings. The molecule has 1 heterocycles. The van der Waals surface area contributed by atoms with Gasteiger partial charge in [-0.05, 0) is 36.8 Å². The van der Waals surface area contributed by atoms with Crippen molar-refractivity contribution in [3.63, 3.8) is 0 Å². The van der Waals surface area contributed by atoms with Gasteiger partial charge in [0, 0.05) is 18.0 Å². The number of ether oxygens (including phenoxy) is 1. The van der Waals surface area contributed by atoms with Crippen LogP contribution in [-0.2, 0) is 6.61 Å². The molecule has 0 aliphatic heterocycles. The molecule has 20 heavy (non-hydrogen) atoms. The van der Waals surface area contributed by atoms with Crippen molar-refractivity contribution in [3.05, 3.63) is 59.2 Å². The van der Waals surface area contributed by atoms with Crippen LogP contribution in [0.15, 0.2) is 36.7 Å². The Morgan fingerprint density at radius 2 is 2.15 bits per heavy atom. The van der Waals surface area contributed by atoms with Gasteiger partial charge in [-0.3, -0.25) is 4.98 Å². The van der Waals surface area contributed by atoms with Crippen LogP contribution in [0.2, 0.25) is 0 Å². The number of halogens is 1. The smallest absolute Gasteiger partial charge is 0.135 e. The minimum absolute atomic E-state index is 0.220. The van der Waals surface area contributed by atoms with Crippen LogP contribution in [0.3, 0.4) is 0 Å². The zero-order valence-corrected chi connectivity index (χ0v) is 11.2. The van der Waals surface area contributed by atoms with Gasteiger partial charge in [-0.15, -0.1) is 0 Å². The summed E-state index contributed by atoms with van der Waals surface area (Å²) >= 11 is 0. The van der Waals surface area contributed by atoms with Gasteiger partial charge in [-0.1, -0.05) is 11.8 Å². The molecular weight excluding hydrogens is 255 g/mol. The lowest BCUT2D eigenvalue weighted by atomic mass is 10.2. The summed E-state index contributed by atoms with van der Waals surface area (Å²) in [6.07, 6.45) is 3.52. The molecule has 1 aromatic carbocycles. The number of hydrogen-bond donors (Lipinski definition) is 1. The second-order valence-electron chi connectivity index (χ2n) is 4.31. The van der Waals surface area contributed by atoms with E-state index in [0.29, 0.717) is 17.9 Å². The summed E-state index contributed by atoms with van der Waals surface area (Å²) in [5, 5.41) is 0. The van der Waals surface area contributed by atoms with E-state index in [9.17, 15) is 4.39 Å². The fourth-order valence-electron chi connectivity index (χ4n) is 1.73. The lowest BCUT2D eigenvalue weighted by Crippen LogP contribution is -1.99. The highest BCUT2D eigenvalue weighted by atomic mass is 19.1. The van der Waals surface area contributed by atoms with E-state index in [2.05, 4.69) is 16.8 Å². The average Bonchev–Trinajstić information content (AvgIpc) is 2.44. The molecule has 0 unspecified atom stereocenters. The molecule has 0 saturated carbocycles. The number of pyridine rings is 1. The van der Waals surface area contributed by atoms with E-state index in [1.165, 1.54) is 12.1 Å². The van der Waals surface area contributed by atoms with Gasteiger partial charge in [0.05, 0.1) is 12.1 Å². The number of aryl methyl sites for hydroxylation is 1. The van der Waals surface area contributed by atoms with Gasteiger partial charge in [-0.2, -0.15) is 0 Å². The maximum Gasteiger partial charge on any atom is 0.135 e. The first-order valence-electron chi connectivity index (χ1n) is 6.21. The van der Waals surface area contributed by atoms with Crippen LogP contribution in [0.1, 0.15) is 16.7 Å². The second kappa shape index (κ2) is 6.69. The lowest BCUT2D eigenvalue weighted by molar-refractivity contribution is 0.304. The van der Waals surface area contributed by atoms with Crippen LogP contribution < -0.4 is 10.5 Å². The Bertz CT molecular complexity index is 659. The quantitative estimate of drug-likeness (QED) is 0.871. The third kappa shape index (κ3) is 3.81. The highest BCUT2D eigenvalue weighted by Crippen LogP contribution is 2.20. The van der Waals surface area contributed by atoms with Gasteiger partial charge in [0.15, 0.2) is 0 Å². The largest absolute Gasteiger partial charge is 0.488 e. The molecule has 0 fully saturated rings. The molecule has 0 bridgehead atoms. The van der Waals surface area contributed by atoms with Crippen molar-refractivity contribution >= 4 is 0 Å². The predicted molar refractivity (Wildman–Crippen MR) is 75.6 cm³/mol. The van der Waals surface area contributed by atoms with Crippen LogP contribution >= 0.6 is 0 Å². The van der Waals surface area contributed by atoms with Crippen LogP contribution in [0, 0.1) is 24.6 Å². The first-order valence-corrected chi connectivity index (χ1v) is 6.21. The highest BCUT2D eigenvalue weighted by molar-refractivity contribution is 5.46. The molecule has 3 nitrogen and oxygen atoms in total. The SMILES string of the molecule is Cc1cncc(COc2ccc(F)cc2C#CCN)c1. The number of nitrogens with two attached hydrogens (primary N) is 1.